The summed E-state index contributed by atoms with van der Waals surface area (Å²) in [7, 11) is 0. The Morgan fingerprint density at radius 1 is 1.04 bits per heavy atom. The zero-order chi connectivity index (χ0) is 16.9. The van der Waals surface area contributed by atoms with E-state index in [1.54, 1.807) is 24.3 Å². The maximum atomic E-state index is 12.5. The van der Waals surface area contributed by atoms with Gasteiger partial charge in [0.1, 0.15) is 6.54 Å². The van der Waals surface area contributed by atoms with E-state index in [-0.39, 0.29) is 12.5 Å². The number of tetrazole rings is 1. The van der Waals surface area contributed by atoms with Gasteiger partial charge in [0, 0.05) is 13.1 Å². The molecule has 1 aliphatic heterocycles. The van der Waals surface area contributed by atoms with Crippen molar-refractivity contribution in [2.45, 2.75) is 38.6 Å². The molecule has 2 heterocycles. The number of amides is 1. The molecular formula is C16H20ClN5O2. The summed E-state index contributed by atoms with van der Waals surface area (Å²) in [5, 5.41) is 8.07. The third-order valence-corrected chi connectivity index (χ3v) is 4.53. The maximum absolute atomic E-state index is 12.5. The van der Waals surface area contributed by atoms with Gasteiger partial charge in [-0.1, -0.05) is 43.0 Å². The van der Waals surface area contributed by atoms with Gasteiger partial charge >= 0.3 is 5.69 Å². The molecule has 0 radical (unpaired) electrons. The number of carbonyl (C=O) groups excluding carboxylic acids is 1. The number of likely N-dealkylation sites (tertiary alicyclic amines) is 1. The van der Waals surface area contributed by atoms with E-state index in [9.17, 15) is 9.59 Å². The monoisotopic (exact) mass is 349 g/mol. The van der Waals surface area contributed by atoms with Crippen LogP contribution in [0.5, 0.6) is 0 Å². The summed E-state index contributed by atoms with van der Waals surface area (Å²) in [4.78, 5) is 26.7. The molecule has 8 heteroatoms. The van der Waals surface area contributed by atoms with Gasteiger partial charge in [-0.05, 0) is 35.4 Å². The van der Waals surface area contributed by atoms with Crippen LogP contribution in [0.1, 0.15) is 32.1 Å². The first-order chi connectivity index (χ1) is 11.7. The van der Waals surface area contributed by atoms with Crippen LogP contribution in [-0.2, 0) is 11.3 Å². The number of carbonyl (C=O) groups is 1. The lowest BCUT2D eigenvalue weighted by Gasteiger charge is -2.24. The van der Waals surface area contributed by atoms with E-state index in [0.29, 0.717) is 10.7 Å². The SMILES string of the molecule is O=C(Cn1nnn(-c2ccccc2Cl)c1=O)N1CCCCCCC1. The topological polar surface area (TPSA) is 73.0 Å². The molecule has 3 rings (SSSR count). The van der Waals surface area contributed by atoms with Crippen molar-refractivity contribution in [1.82, 2.24) is 24.7 Å². The van der Waals surface area contributed by atoms with E-state index in [4.69, 9.17) is 11.6 Å². The van der Waals surface area contributed by atoms with Crippen LogP contribution in [0.4, 0.5) is 0 Å². The summed E-state index contributed by atoms with van der Waals surface area (Å²) in [5.74, 6) is -0.0924. The van der Waals surface area contributed by atoms with Crippen molar-refractivity contribution < 1.29 is 4.79 Å². The van der Waals surface area contributed by atoms with E-state index in [1.165, 1.54) is 6.42 Å². The minimum atomic E-state index is -0.469. The Morgan fingerprint density at radius 2 is 1.71 bits per heavy atom. The second kappa shape index (κ2) is 7.61. The first kappa shape index (κ1) is 16.7. The van der Waals surface area contributed by atoms with Crippen molar-refractivity contribution in [2.24, 2.45) is 0 Å². The molecule has 0 aliphatic carbocycles. The largest absolute Gasteiger partial charge is 0.369 e. The molecular weight excluding hydrogens is 330 g/mol. The lowest BCUT2D eigenvalue weighted by molar-refractivity contribution is -0.132. The van der Waals surface area contributed by atoms with Gasteiger partial charge in [0.2, 0.25) is 5.91 Å². The number of hydrogen-bond donors (Lipinski definition) is 0. The third-order valence-electron chi connectivity index (χ3n) is 4.21. The molecule has 2 aromatic rings. The maximum Gasteiger partial charge on any atom is 0.369 e. The molecule has 1 aromatic heterocycles. The molecule has 128 valence electrons. The standard InChI is InChI=1S/C16H20ClN5O2/c17-13-8-4-5-9-14(13)22-16(24)21(18-19-22)12-15(23)20-10-6-2-1-3-7-11-20/h4-5,8-9H,1-3,6-7,10-12H2. The summed E-state index contributed by atoms with van der Waals surface area (Å²) in [6, 6.07) is 6.89. The predicted molar refractivity (Wildman–Crippen MR) is 90.3 cm³/mol. The molecule has 1 amide bonds. The van der Waals surface area contributed by atoms with Gasteiger partial charge in [-0.2, -0.15) is 9.36 Å². The number of halogens is 1. The second-order valence-corrected chi connectivity index (χ2v) is 6.34. The molecule has 1 aliphatic rings. The van der Waals surface area contributed by atoms with Crippen molar-refractivity contribution in [3.8, 4) is 5.69 Å². The van der Waals surface area contributed by atoms with Gasteiger partial charge in [-0.15, -0.1) is 0 Å². The summed E-state index contributed by atoms with van der Waals surface area (Å²) in [6.45, 7) is 1.39. The van der Waals surface area contributed by atoms with Crippen LogP contribution in [0.3, 0.4) is 0 Å². The molecule has 0 spiro atoms. The Labute approximate surface area is 144 Å². The fourth-order valence-corrected chi connectivity index (χ4v) is 3.09. The predicted octanol–water partition coefficient (Wildman–Crippen LogP) is 1.88. The Morgan fingerprint density at radius 3 is 2.42 bits per heavy atom. The number of aromatic nitrogens is 4. The van der Waals surface area contributed by atoms with Gasteiger partial charge in [0.15, 0.2) is 0 Å². The fourth-order valence-electron chi connectivity index (χ4n) is 2.87. The van der Waals surface area contributed by atoms with Crippen LogP contribution in [0.15, 0.2) is 29.1 Å². The molecule has 24 heavy (non-hydrogen) atoms. The van der Waals surface area contributed by atoms with Crippen molar-refractivity contribution in [2.75, 3.05) is 13.1 Å². The minimum Gasteiger partial charge on any atom is -0.341 e. The second-order valence-electron chi connectivity index (χ2n) is 5.93. The van der Waals surface area contributed by atoms with Gasteiger partial charge in [-0.3, -0.25) is 4.79 Å². The van der Waals surface area contributed by atoms with E-state index < -0.39 is 5.69 Å². The van der Waals surface area contributed by atoms with Crippen LogP contribution in [0.2, 0.25) is 5.02 Å². The number of para-hydroxylation sites is 1. The molecule has 0 N–H and O–H groups in total. The van der Waals surface area contributed by atoms with Crippen LogP contribution in [0, 0.1) is 0 Å². The lowest BCUT2D eigenvalue weighted by atomic mass is 10.1. The van der Waals surface area contributed by atoms with Crippen LogP contribution in [0.25, 0.3) is 5.69 Å². The summed E-state index contributed by atoms with van der Waals surface area (Å²) >= 11 is 6.09. The summed E-state index contributed by atoms with van der Waals surface area (Å²) < 4.78 is 2.20. The average molecular weight is 350 g/mol. The van der Waals surface area contributed by atoms with Crippen LogP contribution < -0.4 is 5.69 Å². The first-order valence-corrected chi connectivity index (χ1v) is 8.60. The highest BCUT2D eigenvalue weighted by molar-refractivity contribution is 6.32. The van der Waals surface area contributed by atoms with E-state index in [2.05, 4.69) is 10.4 Å². The fraction of sp³-hybridized carbons (Fsp3) is 0.500. The van der Waals surface area contributed by atoms with Gasteiger partial charge in [0.25, 0.3) is 0 Å². The molecule has 1 aromatic carbocycles. The Hall–Kier alpha value is -2.15. The van der Waals surface area contributed by atoms with Crippen molar-refractivity contribution in [3.63, 3.8) is 0 Å². The van der Waals surface area contributed by atoms with E-state index in [1.807, 2.05) is 4.90 Å². The van der Waals surface area contributed by atoms with Crippen LogP contribution in [-0.4, -0.2) is 43.7 Å². The Kier molecular flexibility index (Phi) is 5.30. The molecule has 1 saturated heterocycles. The minimum absolute atomic E-state index is 0.0924. The summed E-state index contributed by atoms with van der Waals surface area (Å²) in [6.07, 6.45) is 5.53. The molecule has 0 bridgehead atoms. The highest BCUT2D eigenvalue weighted by Crippen LogP contribution is 2.16. The molecule has 1 fully saturated rings. The Bertz CT molecular complexity index is 762. The molecule has 0 atom stereocenters. The number of benzene rings is 1. The van der Waals surface area contributed by atoms with Gasteiger partial charge in [-0.25, -0.2) is 4.79 Å². The molecule has 0 unspecified atom stereocenters. The Balaban J connectivity index is 1.75. The smallest absolute Gasteiger partial charge is 0.341 e. The van der Waals surface area contributed by atoms with Crippen molar-refractivity contribution in [1.29, 1.82) is 0 Å². The highest BCUT2D eigenvalue weighted by Gasteiger charge is 2.18. The zero-order valence-electron chi connectivity index (χ0n) is 13.4. The normalized spacial score (nSPS) is 15.8. The quantitative estimate of drug-likeness (QED) is 0.848. The van der Waals surface area contributed by atoms with Crippen molar-refractivity contribution in [3.05, 3.63) is 39.8 Å². The molecule has 0 saturated carbocycles. The van der Waals surface area contributed by atoms with E-state index >= 15 is 0 Å². The van der Waals surface area contributed by atoms with E-state index in [0.717, 1.165) is 48.1 Å². The van der Waals surface area contributed by atoms with Crippen molar-refractivity contribution >= 4 is 17.5 Å². The van der Waals surface area contributed by atoms with Gasteiger partial charge < -0.3 is 4.90 Å². The number of hydrogen-bond acceptors (Lipinski definition) is 4. The first-order valence-electron chi connectivity index (χ1n) is 8.22. The average Bonchev–Trinajstić information content (AvgIpc) is 2.88. The lowest BCUT2D eigenvalue weighted by Crippen LogP contribution is -2.38. The zero-order valence-corrected chi connectivity index (χ0v) is 14.2. The van der Waals surface area contributed by atoms with Crippen LogP contribution >= 0.6 is 11.6 Å². The number of rotatable bonds is 3. The summed E-state index contributed by atoms with van der Waals surface area (Å²) in [5.41, 5.74) is -0.0161. The highest BCUT2D eigenvalue weighted by atomic mass is 35.5. The van der Waals surface area contributed by atoms with Gasteiger partial charge in [0.05, 0.1) is 10.7 Å². The third kappa shape index (κ3) is 3.67. The number of nitrogens with zero attached hydrogens (tertiary/aromatic N) is 5. The molecule has 7 nitrogen and oxygen atoms in total.